The highest BCUT2D eigenvalue weighted by Gasteiger charge is 2.18. The highest BCUT2D eigenvalue weighted by Crippen LogP contribution is 2.19. The second kappa shape index (κ2) is 7.38. The number of amides is 1. The highest BCUT2D eigenvalue weighted by molar-refractivity contribution is 5.93. The van der Waals surface area contributed by atoms with Crippen LogP contribution in [0.1, 0.15) is 28.8 Å². The molecule has 1 saturated heterocycles. The lowest BCUT2D eigenvalue weighted by molar-refractivity contribution is 0.0953. The number of hydrogen-bond donors (Lipinski definition) is 2. The molecule has 5 heteroatoms. The van der Waals surface area contributed by atoms with E-state index in [1.165, 1.54) is 18.4 Å². The van der Waals surface area contributed by atoms with E-state index in [9.17, 15) is 4.79 Å². The van der Waals surface area contributed by atoms with Crippen LogP contribution in [0.2, 0.25) is 0 Å². The summed E-state index contributed by atoms with van der Waals surface area (Å²) >= 11 is 0. The molecule has 20 heavy (non-hydrogen) atoms. The van der Waals surface area contributed by atoms with E-state index in [-0.39, 0.29) is 5.91 Å². The van der Waals surface area contributed by atoms with Crippen LogP contribution in [0.15, 0.2) is 24.3 Å². The van der Waals surface area contributed by atoms with Crippen LogP contribution >= 0.6 is 0 Å². The molecule has 0 bridgehead atoms. The maximum Gasteiger partial charge on any atom is 0.265 e. The summed E-state index contributed by atoms with van der Waals surface area (Å²) in [4.78, 5) is 13.8. The van der Waals surface area contributed by atoms with Crippen LogP contribution < -0.4 is 11.3 Å². The van der Waals surface area contributed by atoms with Crippen LogP contribution in [-0.2, 0) is 11.3 Å². The van der Waals surface area contributed by atoms with Gasteiger partial charge in [0.2, 0.25) is 0 Å². The van der Waals surface area contributed by atoms with Gasteiger partial charge in [-0.3, -0.25) is 15.1 Å². The number of ether oxygens (including phenoxy) is 1. The minimum absolute atomic E-state index is 0.253. The third-order valence-electron chi connectivity index (χ3n) is 3.86. The van der Waals surface area contributed by atoms with Gasteiger partial charge in [0.1, 0.15) is 0 Å². The zero-order valence-electron chi connectivity index (χ0n) is 12.0. The van der Waals surface area contributed by atoms with E-state index in [4.69, 9.17) is 10.6 Å². The van der Waals surface area contributed by atoms with E-state index >= 15 is 0 Å². The molecule has 1 aliphatic heterocycles. The van der Waals surface area contributed by atoms with Gasteiger partial charge < -0.3 is 4.74 Å². The van der Waals surface area contributed by atoms with E-state index in [2.05, 4.69) is 10.3 Å². The van der Waals surface area contributed by atoms with Crippen molar-refractivity contribution in [3.05, 3.63) is 35.4 Å². The molecule has 0 aromatic heterocycles. The van der Waals surface area contributed by atoms with Crippen molar-refractivity contribution >= 4 is 5.91 Å². The molecule has 0 aliphatic carbocycles. The Bertz CT molecular complexity index is 425. The number of nitrogens with two attached hydrogens (primary N) is 1. The largest absolute Gasteiger partial charge is 0.384 e. The molecular weight excluding hydrogens is 254 g/mol. The van der Waals surface area contributed by atoms with Gasteiger partial charge in [0.05, 0.1) is 0 Å². The SMILES string of the molecule is COCC1CCN(Cc2ccc(C(=O)NN)cc2)CC1. The molecule has 2 rings (SSSR count). The smallest absolute Gasteiger partial charge is 0.265 e. The van der Waals surface area contributed by atoms with E-state index < -0.39 is 0 Å². The second-order valence-electron chi connectivity index (χ2n) is 5.35. The van der Waals surface area contributed by atoms with Gasteiger partial charge in [-0.1, -0.05) is 12.1 Å². The Morgan fingerprint density at radius 3 is 2.55 bits per heavy atom. The summed E-state index contributed by atoms with van der Waals surface area (Å²) in [6.45, 7) is 4.03. The molecule has 110 valence electrons. The van der Waals surface area contributed by atoms with Crippen LogP contribution in [0.25, 0.3) is 0 Å². The van der Waals surface area contributed by atoms with Crippen molar-refractivity contribution in [3.8, 4) is 0 Å². The maximum atomic E-state index is 11.4. The molecule has 1 fully saturated rings. The summed E-state index contributed by atoms with van der Waals surface area (Å²) in [5, 5.41) is 0. The summed E-state index contributed by atoms with van der Waals surface area (Å²) in [5.41, 5.74) is 3.96. The number of nitrogens with zero attached hydrogens (tertiary/aromatic N) is 1. The minimum Gasteiger partial charge on any atom is -0.384 e. The highest BCUT2D eigenvalue weighted by atomic mass is 16.5. The summed E-state index contributed by atoms with van der Waals surface area (Å²) in [6, 6.07) is 7.61. The molecule has 0 atom stereocenters. The molecule has 0 unspecified atom stereocenters. The third kappa shape index (κ3) is 4.03. The van der Waals surface area contributed by atoms with E-state index in [1.807, 2.05) is 24.3 Å². The van der Waals surface area contributed by atoms with Crippen LogP contribution in [0, 0.1) is 5.92 Å². The van der Waals surface area contributed by atoms with Crippen LogP contribution in [0.5, 0.6) is 0 Å². The van der Waals surface area contributed by atoms with E-state index in [1.54, 1.807) is 7.11 Å². The number of hydrogen-bond acceptors (Lipinski definition) is 4. The number of carbonyl (C=O) groups excluding carboxylic acids is 1. The Kier molecular flexibility index (Phi) is 5.52. The fourth-order valence-electron chi connectivity index (χ4n) is 2.65. The molecule has 0 saturated carbocycles. The van der Waals surface area contributed by atoms with Crippen LogP contribution in [0.4, 0.5) is 0 Å². The van der Waals surface area contributed by atoms with Crippen molar-refractivity contribution < 1.29 is 9.53 Å². The van der Waals surface area contributed by atoms with Gasteiger partial charge in [0.15, 0.2) is 0 Å². The molecule has 5 nitrogen and oxygen atoms in total. The molecule has 1 aromatic rings. The number of likely N-dealkylation sites (tertiary alicyclic amines) is 1. The van der Waals surface area contributed by atoms with Crippen molar-refractivity contribution in [3.63, 3.8) is 0 Å². The number of nitrogens with one attached hydrogen (secondary N) is 1. The molecular formula is C15H23N3O2. The molecule has 1 aromatic carbocycles. The van der Waals surface area contributed by atoms with Gasteiger partial charge in [-0.15, -0.1) is 0 Å². The maximum absolute atomic E-state index is 11.4. The van der Waals surface area contributed by atoms with Gasteiger partial charge in [-0.25, -0.2) is 5.84 Å². The quantitative estimate of drug-likeness (QED) is 0.481. The topological polar surface area (TPSA) is 67.6 Å². The Balaban J connectivity index is 1.84. The number of nitrogen functional groups attached to an aromatic ring is 1. The summed E-state index contributed by atoms with van der Waals surface area (Å²) in [7, 11) is 1.77. The lowest BCUT2D eigenvalue weighted by Crippen LogP contribution is -2.34. The van der Waals surface area contributed by atoms with Crippen molar-refractivity contribution in [1.29, 1.82) is 0 Å². The molecule has 0 spiro atoms. The average molecular weight is 277 g/mol. The number of carbonyl (C=O) groups is 1. The summed E-state index contributed by atoms with van der Waals surface area (Å²) in [5.74, 6) is 5.56. The Labute approximate surface area is 120 Å². The average Bonchev–Trinajstić information content (AvgIpc) is 2.49. The van der Waals surface area contributed by atoms with Crippen LogP contribution in [-0.4, -0.2) is 37.6 Å². The Morgan fingerprint density at radius 2 is 2.00 bits per heavy atom. The monoisotopic (exact) mass is 277 g/mol. The third-order valence-corrected chi connectivity index (χ3v) is 3.86. The first-order valence-corrected chi connectivity index (χ1v) is 7.04. The first kappa shape index (κ1) is 15.0. The lowest BCUT2D eigenvalue weighted by Gasteiger charge is -2.31. The predicted molar refractivity (Wildman–Crippen MR) is 78.0 cm³/mol. The molecule has 1 heterocycles. The lowest BCUT2D eigenvalue weighted by atomic mass is 9.97. The number of methoxy groups -OCH3 is 1. The van der Waals surface area contributed by atoms with Gasteiger partial charge >= 0.3 is 0 Å². The Hall–Kier alpha value is -1.43. The first-order valence-electron chi connectivity index (χ1n) is 7.04. The molecule has 0 radical (unpaired) electrons. The zero-order chi connectivity index (χ0) is 14.4. The molecule has 3 N–H and O–H groups in total. The van der Waals surface area contributed by atoms with Crippen molar-refractivity contribution in [1.82, 2.24) is 10.3 Å². The number of hydrazine groups is 1. The number of benzene rings is 1. The fraction of sp³-hybridized carbons (Fsp3) is 0.533. The van der Waals surface area contributed by atoms with Crippen molar-refractivity contribution in [2.45, 2.75) is 19.4 Å². The second-order valence-corrected chi connectivity index (χ2v) is 5.35. The molecule has 1 aliphatic rings. The van der Waals surface area contributed by atoms with Gasteiger partial charge in [-0.05, 0) is 49.5 Å². The van der Waals surface area contributed by atoms with E-state index in [0.717, 1.165) is 26.2 Å². The number of piperidine rings is 1. The Morgan fingerprint density at radius 1 is 1.35 bits per heavy atom. The van der Waals surface area contributed by atoms with Gasteiger partial charge in [-0.2, -0.15) is 0 Å². The first-order chi connectivity index (χ1) is 9.72. The van der Waals surface area contributed by atoms with Crippen molar-refractivity contribution in [2.75, 3.05) is 26.8 Å². The van der Waals surface area contributed by atoms with Crippen LogP contribution in [0.3, 0.4) is 0 Å². The minimum atomic E-state index is -0.253. The van der Waals surface area contributed by atoms with Gasteiger partial charge in [0.25, 0.3) is 5.91 Å². The predicted octanol–water partition coefficient (Wildman–Crippen LogP) is 1.15. The standard InChI is InChI=1S/C15H23N3O2/c1-20-11-13-6-8-18(9-7-13)10-12-2-4-14(5-3-12)15(19)17-16/h2-5,13H,6-11,16H2,1H3,(H,17,19). The number of rotatable bonds is 5. The van der Waals surface area contributed by atoms with E-state index in [0.29, 0.717) is 11.5 Å². The molecule has 1 amide bonds. The zero-order valence-corrected chi connectivity index (χ0v) is 12.0. The summed E-state index contributed by atoms with van der Waals surface area (Å²) < 4.78 is 5.21. The fourth-order valence-corrected chi connectivity index (χ4v) is 2.65. The van der Waals surface area contributed by atoms with Crippen molar-refractivity contribution in [2.24, 2.45) is 11.8 Å². The normalized spacial score (nSPS) is 17.1. The van der Waals surface area contributed by atoms with Gasteiger partial charge in [0, 0.05) is 25.8 Å². The summed E-state index contributed by atoms with van der Waals surface area (Å²) in [6.07, 6.45) is 2.39.